The molecule has 5 rings (SSSR count). The Hall–Kier alpha value is -2.58. The van der Waals surface area contributed by atoms with E-state index in [0.29, 0.717) is 16.1 Å². The van der Waals surface area contributed by atoms with Crippen LogP contribution in [0.1, 0.15) is 50.3 Å². The van der Waals surface area contributed by atoms with E-state index in [1.54, 1.807) is 6.07 Å². The summed E-state index contributed by atoms with van der Waals surface area (Å²) >= 11 is 13.8. The summed E-state index contributed by atoms with van der Waals surface area (Å²) in [5.41, 5.74) is 5.39. The number of aromatic nitrogens is 3. The summed E-state index contributed by atoms with van der Waals surface area (Å²) in [5, 5.41) is 8.43. The van der Waals surface area contributed by atoms with E-state index in [4.69, 9.17) is 33.2 Å². The van der Waals surface area contributed by atoms with Crippen molar-refractivity contribution in [2.75, 3.05) is 24.1 Å². The topological polar surface area (TPSA) is 74.8 Å². The van der Waals surface area contributed by atoms with Gasteiger partial charge in [-0.3, -0.25) is 0 Å². The summed E-state index contributed by atoms with van der Waals surface area (Å²) < 4.78 is 3.28. The first-order valence-electron chi connectivity index (χ1n) is 13.4. The van der Waals surface area contributed by atoms with Crippen LogP contribution in [0, 0.1) is 6.92 Å². The lowest BCUT2D eigenvalue weighted by Gasteiger charge is -2.22. The van der Waals surface area contributed by atoms with Crippen LogP contribution in [-0.2, 0) is 6.42 Å². The number of benzene rings is 2. The molecular weight excluding hydrogens is 547 g/mol. The molecule has 0 aliphatic heterocycles. The quantitative estimate of drug-likeness (QED) is 0.188. The fourth-order valence-corrected chi connectivity index (χ4v) is 5.88. The Labute approximate surface area is 245 Å². The van der Waals surface area contributed by atoms with Crippen LogP contribution < -0.4 is 15.4 Å². The van der Waals surface area contributed by atoms with Crippen LogP contribution in [0.15, 0.2) is 53.6 Å². The standard InChI is InChI=1S/C28H29Cl2N5S.C2H7N/c1-3-18-14-19(15-20-16-31-28(34-27(18)20)33-21-8-5-4-6-9-21)22-12-13-25(32-17(22)2)35-36-24-11-7-10-23(29)26(24)30;1-3-2/h7,10-16,21H,3-6,8-9H2,1-2H3,(H,32,35)(H,31,33,34);3H,1-2H3. The summed E-state index contributed by atoms with van der Waals surface area (Å²) in [6, 6.07) is 14.5. The van der Waals surface area contributed by atoms with Gasteiger partial charge in [0.15, 0.2) is 0 Å². The Morgan fingerprint density at radius 1 is 1.00 bits per heavy atom. The largest absolute Gasteiger partial charge is 0.351 e. The molecule has 1 aliphatic carbocycles. The maximum absolute atomic E-state index is 6.30. The Morgan fingerprint density at radius 3 is 2.49 bits per heavy atom. The molecule has 1 saturated carbocycles. The monoisotopic (exact) mass is 582 g/mol. The molecule has 4 aromatic rings. The van der Waals surface area contributed by atoms with Crippen LogP contribution >= 0.6 is 35.1 Å². The highest BCUT2D eigenvalue weighted by atomic mass is 35.5. The third-order valence-corrected chi connectivity index (χ3v) is 8.46. The van der Waals surface area contributed by atoms with Crippen molar-refractivity contribution in [3.05, 3.63) is 70.0 Å². The van der Waals surface area contributed by atoms with Crippen molar-refractivity contribution in [3.63, 3.8) is 0 Å². The highest BCUT2D eigenvalue weighted by molar-refractivity contribution is 8.00. The van der Waals surface area contributed by atoms with Crippen LogP contribution in [-0.4, -0.2) is 35.1 Å². The van der Waals surface area contributed by atoms with Gasteiger partial charge in [0.1, 0.15) is 5.82 Å². The van der Waals surface area contributed by atoms with Gasteiger partial charge in [-0.05, 0) is 99.8 Å². The van der Waals surface area contributed by atoms with E-state index in [1.807, 2.05) is 45.4 Å². The second-order valence-electron chi connectivity index (χ2n) is 9.69. The normalized spacial score (nSPS) is 13.6. The van der Waals surface area contributed by atoms with Gasteiger partial charge in [-0.2, -0.15) is 0 Å². The van der Waals surface area contributed by atoms with Gasteiger partial charge in [-0.1, -0.05) is 55.5 Å². The lowest BCUT2D eigenvalue weighted by atomic mass is 9.96. The van der Waals surface area contributed by atoms with E-state index < -0.39 is 0 Å². The van der Waals surface area contributed by atoms with Crippen LogP contribution in [0.5, 0.6) is 0 Å². The molecule has 39 heavy (non-hydrogen) atoms. The number of aryl methyl sites for hydroxylation is 2. The molecule has 0 bridgehead atoms. The molecule has 0 saturated heterocycles. The molecule has 0 atom stereocenters. The minimum Gasteiger partial charge on any atom is -0.351 e. The lowest BCUT2D eigenvalue weighted by Crippen LogP contribution is -2.23. The summed E-state index contributed by atoms with van der Waals surface area (Å²) in [4.78, 5) is 15.2. The Bertz CT molecular complexity index is 1410. The van der Waals surface area contributed by atoms with Crippen molar-refractivity contribution < 1.29 is 0 Å². The van der Waals surface area contributed by atoms with Gasteiger partial charge in [-0.25, -0.2) is 15.0 Å². The number of pyridine rings is 1. The SMILES string of the molecule is CCc1cc(-c2ccc(NSc3cccc(Cl)c3Cl)nc2C)cc2cnc(NC3CCCCC3)nc12.CNC. The molecule has 1 aliphatic rings. The molecule has 2 heterocycles. The number of nitrogens with one attached hydrogen (secondary N) is 3. The van der Waals surface area contributed by atoms with E-state index >= 15 is 0 Å². The van der Waals surface area contributed by atoms with E-state index in [-0.39, 0.29) is 0 Å². The number of nitrogens with zero attached hydrogens (tertiary/aromatic N) is 3. The van der Waals surface area contributed by atoms with Crippen LogP contribution in [0.2, 0.25) is 10.0 Å². The number of fused-ring (bicyclic) bond motifs is 1. The van der Waals surface area contributed by atoms with Crippen molar-refractivity contribution in [3.8, 4) is 11.1 Å². The van der Waals surface area contributed by atoms with Gasteiger partial charge < -0.3 is 15.4 Å². The van der Waals surface area contributed by atoms with Crippen LogP contribution in [0.3, 0.4) is 0 Å². The highest BCUT2D eigenvalue weighted by Crippen LogP contribution is 2.34. The highest BCUT2D eigenvalue weighted by Gasteiger charge is 2.16. The molecule has 0 spiro atoms. The van der Waals surface area contributed by atoms with Crippen LogP contribution in [0.25, 0.3) is 22.0 Å². The molecule has 0 radical (unpaired) electrons. The van der Waals surface area contributed by atoms with Crippen molar-refractivity contribution in [1.29, 1.82) is 0 Å². The fraction of sp³-hybridized carbons (Fsp3) is 0.367. The van der Waals surface area contributed by atoms with Gasteiger partial charge in [0.25, 0.3) is 0 Å². The van der Waals surface area contributed by atoms with Crippen molar-refractivity contribution in [1.82, 2.24) is 20.3 Å². The van der Waals surface area contributed by atoms with E-state index in [9.17, 15) is 0 Å². The zero-order valence-electron chi connectivity index (χ0n) is 22.9. The summed E-state index contributed by atoms with van der Waals surface area (Å²) in [7, 11) is 3.75. The number of halogens is 2. The predicted octanol–water partition coefficient (Wildman–Crippen LogP) is 8.57. The van der Waals surface area contributed by atoms with Gasteiger partial charge >= 0.3 is 0 Å². The first-order chi connectivity index (χ1) is 18.9. The van der Waals surface area contributed by atoms with Gasteiger partial charge in [0.05, 0.1) is 15.6 Å². The number of rotatable bonds is 7. The van der Waals surface area contributed by atoms with Crippen molar-refractivity contribution >= 4 is 57.8 Å². The van der Waals surface area contributed by atoms with E-state index in [2.05, 4.69) is 45.5 Å². The minimum atomic E-state index is 0.481. The third kappa shape index (κ3) is 7.54. The maximum atomic E-state index is 6.30. The number of anilines is 2. The molecule has 3 N–H and O–H groups in total. The lowest BCUT2D eigenvalue weighted by molar-refractivity contribution is 0.461. The number of hydrogen-bond donors (Lipinski definition) is 3. The first kappa shape index (κ1) is 29.4. The summed E-state index contributed by atoms with van der Waals surface area (Å²) in [6.45, 7) is 4.20. The fourth-order valence-electron chi connectivity index (χ4n) is 4.74. The van der Waals surface area contributed by atoms with Gasteiger partial charge in [-0.15, -0.1) is 0 Å². The molecule has 6 nitrogen and oxygen atoms in total. The Balaban J connectivity index is 0.00000112. The first-order valence-corrected chi connectivity index (χ1v) is 15.0. The molecule has 1 fully saturated rings. The van der Waals surface area contributed by atoms with Gasteiger partial charge in [0, 0.05) is 33.8 Å². The predicted molar refractivity (Wildman–Crippen MR) is 168 cm³/mol. The zero-order valence-corrected chi connectivity index (χ0v) is 25.3. The zero-order chi connectivity index (χ0) is 27.8. The van der Waals surface area contributed by atoms with Crippen LogP contribution in [0.4, 0.5) is 11.8 Å². The molecule has 0 amide bonds. The van der Waals surface area contributed by atoms with Gasteiger partial charge in [0.2, 0.25) is 5.95 Å². The van der Waals surface area contributed by atoms with Crippen molar-refractivity contribution in [2.45, 2.75) is 63.3 Å². The number of hydrogen-bond acceptors (Lipinski definition) is 7. The van der Waals surface area contributed by atoms with E-state index in [1.165, 1.54) is 49.6 Å². The minimum absolute atomic E-state index is 0.481. The summed E-state index contributed by atoms with van der Waals surface area (Å²) in [5.74, 6) is 1.50. The molecule has 0 unspecified atom stereocenters. The molecule has 2 aromatic heterocycles. The average Bonchev–Trinajstić information content (AvgIpc) is 2.94. The molecule has 2 aromatic carbocycles. The third-order valence-electron chi connectivity index (χ3n) is 6.66. The molecule has 206 valence electrons. The molecule has 9 heteroatoms. The Morgan fingerprint density at radius 2 is 1.77 bits per heavy atom. The van der Waals surface area contributed by atoms with E-state index in [0.717, 1.165) is 50.8 Å². The van der Waals surface area contributed by atoms with Crippen molar-refractivity contribution in [2.24, 2.45) is 0 Å². The Kier molecular flexibility index (Phi) is 10.7. The summed E-state index contributed by atoms with van der Waals surface area (Å²) in [6.07, 6.45) is 9.13. The smallest absolute Gasteiger partial charge is 0.223 e. The average molecular weight is 584 g/mol. The maximum Gasteiger partial charge on any atom is 0.223 e. The second-order valence-corrected chi connectivity index (χ2v) is 11.3. The second kappa shape index (κ2) is 14.2. The molecular formula is C30H36Cl2N6S.